The van der Waals surface area contributed by atoms with Gasteiger partial charge in [0.2, 0.25) is 5.78 Å². The molecule has 3 aromatic rings. The molecule has 0 aliphatic carbocycles. The number of carbonyl (C=O) groups excluding carboxylic acids is 2. The average molecular weight is 569 g/mol. The number of likely N-dealkylation sites (tertiary alicyclic amines) is 1. The highest BCUT2D eigenvalue weighted by Crippen LogP contribution is 2.30. The summed E-state index contributed by atoms with van der Waals surface area (Å²) in [5, 5.41) is 24.2. The molecule has 0 saturated carbocycles. The molecule has 1 aliphatic heterocycles. The molecule has 2 unspecified atom stereocenters. The zero-order valence-corrected chi connectivity index (χ0v) is 23.3. The Morgan fingerprint density at radius 2 is 1.62 bits per heavy atom. The topological polar surface area (TPSA) is 99.1 Å². The third-order valence-corrected chi connectivity index (χ3v) is 7.06. The molecule has 1 aliphatic rings. The van der Waals surface area contributed by atoms with Crippen molar-refractivity contribution in [1.82, 2.24) is 10.2 Å². The highest BCUT2D eigenvalue weighted by Gasteiger charge is 2.29. The van der Waals surface area contributed by atoms with Crippen LogP contribution in [0.2, 0.25) is 5.02 Å². The van der Waals surface area contributed by atoms with E-state index in [2.05, 4.69) is 10.2 Å². The van der Waals surface area contributed by atoms with Crippen LogP contribution in [0.1, 0.15) is 48.7 Å². The number of aliphatic hydroxyl groups is 2. The lowest BCUT2D eigenvalue weighted by atomic mass is 10.00. The average Bonchev–Trinajstić information content (AvgIpc) is 3.44. The number of rotatable bonds is 11. The molecule has 4 rings (SSSR count). The van der Waals surface area contributed by atoms with Gasteiger partial charge in [-0.1, -0.05) is 54.1 Å². The summed E-state index contributed by atoms with van der Waals surface area (Å²) in [5.74, 6) is -1.53. The van der Waals surface area contributed by atoms with Crippen molar-refractivity contribution in [2.75, 3.05) is 26.2 Å². The van der Waals surface area contributed by atoms with Crippen LogP contribution in [0.25, 0.3) is 11.1 Å². The van der Waals surface area contributed by atoms with Gasteiger partial charge in [-0.15, -0.1) is 0 Å². The zero-order chi connectivity index (χ0) is 28.9. The Bertz CT molecular complexity index is 1320. The highest BCUT2D eigenvalue weighted by atomic mass is 35.5. The third kappa shape index (κ3) is 7.88. The molecular weight excluding hydrogens is 535 g/mol. The number of benzene rings is 3. The van der Waals surface area contributed by atoms with Gasteiger partial charge in [0.1, 0.15) is 24.3 Å². The second-order valence-corrected chi connectivity index (χ2v) is 11.1. The SMILES string of the molecule is CC(C)(O)COc1ccc(C(O)C(CN2CCCC2)NC(=O)C(=O)c2ccc(-c3ccc(F)cc3)cc2)cc1Cl. The molecule has 1 heterocycles. The van der Waals surface area contributed by atoms with Crippen LogP contribution in [-0.4, -0.2) is 64.7 Å². The Hall–Kier alpha value is -3.30. The first-order valence-corrected chi connectivity index (χ1v) is 13.6. The molecule has 3 aromatic carbocycles. The largest absolute Gasteiger partial charge is 0.489 e. The van der Waals surface area contributed by atoms with Crippen LogP contribution in [0.5, 0.6) is 5.75 Å². The van der Waals surface area contributed by atoms with E-state index >= 15 is 0 Å². The van der Waals surface area contributed by atoms with Crippen molar-refractivity contribution >= 4 is 23.3 Å². The van der Waals surface area contributed by atoms with Crippen molar-refractivity contribution in [3.8, 4) is 16.9 Å². The molecule has 1 fully saturated rings. The predicted octanol–water partition coefficient (Wildman–Crippen LogP) is 4.79. The first-order chi connectivity index (χ1) is 19.0. The summed E-state index contributed by atoms with van der Waals surface area (Å²) in [6, 6.07) is 16.6. The fraction of sp³-hybridized carbons (Fsp3) is 0.355. The summed E-state index contributed by atoms with van der Waals surface area (Å²) in [7, 11) is 0. The number of ether oxygens (including phenoxy) is 1. The molecule has 1 saturated heterocycles. The maximum absolute atomic E-state index is 13.2. The number of carbonyl (C=O) groups is 2. The molecule has 212 valence electrons. The van der Waals surface area contributed by atoms with Crippen LogP contribution >= 0.6 is 11.6 Å². The molecule has 40 heavy (non-hydrogen) atoms. The lowest BCUT2D eigenvalue weighted by Gasteiger charge is -2.29. The number of nitrogens with zero attached hydrogens (tertiary/aromatic N) is 1. The van der Waals surface area contributed by atoms with Crippen molar-refractivity contribution in [3.63, 3.8) is 0 Å². The van der Waals surface area contributed by atoms with Gasteiger partial charge in [0, 0.05) is 12.1 Å². The minimum absolute atomic E-state index is 0.0370. The summed E-state index contributed by atoms with van der Waals surface area (Å²) < 4.78 is 18.8. The maximum Gasteiger partial charge on any atom is 0.292 e. The Labute approximate surface area is 238 Å². The summed E-state index contributed by atoms with van der Waals surface area (Å²) in [5.41, 5.74) is 1.19. The van der Waals surface area contributed by atoms with Gasteiger partial charge in [0.25, 0.3) is 5.91 Å². The third-order valence-electron chi connectivity index (χ3n) is 6.76. The van der Waals surface area contributed by atoms with E-state index in [0.29, 0.717) is 17.9 Å². The standard InChI is InChI=1S/C31H34ClFN2O5/c1-31(2,39)19-40-27-14-11-23(17-25(27)32)28(36)26(18-35-15-3-4-16-35)34-30(38)29(37)22-7-5-20(6-8-22)21-9-12-24(33)13-10-21/h5-14,17,26,28,36,39H,3-4,15-16,18-19H2,1-2H3,(H,34,38). The van der Waals surface area contributed by atoms with Gasteiger partial charge in [-0.2, -0.15) is 0 Å². The van der Waals surface area contributed by atoms with Crippen LogP contribution in [0.3, 0.4) is 0 Å². The van der Waals surface area contributed by atoms with E-state index in [9.17, 15) is 24.2 Å². The lowest BCUT2D eigenvalue weighted by Crippen LogP contribution is -2.48. The molecule has 0 radical (unpaired) electrons. The Morgan fingerprint density at radius 1 is 1.02 bits per heavy atom. The van der Waals surface area contributed by atoms with Crippen molar-refractivity contribution < 1.29 is 28.9 Å². The van der Waals surface area contributed by atoms with E-state index in [0.717, 1.165) is 37.1 Å². The van der Waals surface area contributed by atoms with E-state index in [4.69, 9.17) is 16.3 Å². The van der Waals surface area contributed by atoms with Crippen molar-refractivity contribution in [3.05, 3.63) is 88.7 Å². The maximum atomic E-state index is 13.2. The van der Waals surface area contributed by atoms with Crippen molar-refractivity contribution in [2.45, 2.75) is 44.4 Å². The lowest BCUT2D eigenvalue weighted by molar-refractivity contribution is -0.118. The van der Waals surface area contributed by atoms with Gasteiger partial charge in [-0.25, -0.2) is 4.39 Å². The first kappa shape index (κ1) is 29.7. The van der Waals surface area contributed by atoms with Crippen molar-refractivity contribution in [1.29, 1.82) is 0 Å². The fourth-order valence-corrected chi connectivity index (χ4v) is 4.84. The second kappa shape index (κ2) is 12.9. The molecule has 9 heteroatoms. The van der Waals surface area contributed by atoms with Gasteiger partial charge < -0.3 is 25.2 Å². The molecule has 1 amide bonds. The molecule has 0 aromatic heterocycles. The zero-order valence-electron chi connectivity index (χ0n) is 22.6. The number of nitrogens with one attached hydrogen (secondary N) is 1. The number of aliphatic hydroxyl groups excluding tert-OH is 1. The second-order valence-electron chi connectivity index (χ2n) is 10.7. The summed E-state index contributed by atoms with van der Waals surface area (Å²) in [6.45, 7) is 5.30. The van der Waals surface area contributed by atoms with Gasteiger partial charge >= 0.3 is 0 Å². The van der Waals surface area contributed by atoms with Crippen LogP contribution < -0.4 is 10.1 Å². The number of amides is 1. The van der Waals surface area contributed by atoms with E-state index in [1.807, 2.05) is 0 Å². The van der Waals surface area contributed by atoms with E-state index in [1.165, 1.54) is 12.1 Å². The smallest absolute Gasteiger partial charge is 0.292 e. The van der Waals surface area contributed by atoms with Crippen LogP contribution in [0.4, 0.5) is 4.39 Å². The van der Waals surface area contributed by atoms with Crippen LogP contribution in [0, 0.1) is 5.82 Å². The van der Waals surface area contributed by atoms with Gasteiger partial charge in [0.05, 0.1) is 16.7 Å². The van der Waals surface area contributed by atoms with E-state index < -0.39 is 29.4 Å². The molecule has 7 nitrogen and oxygen atoms in total. The predicted molar refractivity (Wildman–Crippen MR) is 152 cm³/mol. The summed E-state index contributed by atoms with van der Waals surface area (Å²) in [6.07, 6.45) is 0.906. The first-order valence-electron chi connectivity index (χ1n) is 13.3. The molecule has 2 atom stereocenters. The van der Waals surface area contributed by atoms with Gasteiger partial charge in [0.15, 0.2) is 0 Å². The van der Waals surface area contributed by atoms with Gasteiger partial charge in [-0.3, -0.25) is 9.59 Å². The number of halogens is 2. The molecule has 0 spiro atoms. The Balaban J connectivity index is 1.48. The summed E-state index contributed by atoms with van der Waals surface area (Å²) in [4.78, 5) is 28.2. The number of hydrogen-bond donors (Lipinski definition) is 3. The highest BCUT2D eigenvalue weighted by molar-refractivity contribution is 6.42. The molecule has 0 bridgehead atoms. The molecule has 3 N–H and O–H groups in total. The monoisotopic (exact) mass is 568 g/mol. The number of Topliss-reactive ketones (excluding diaryl/α,β-unsaturated/α-hetero) is 1. The van der Waals surface area contributed by atoms with E-state index in [-0.39, 0.29) is 23.0 Å². The van der Waals surface area contributed by atoms with Crippen LogP contribution in [0.15, 0.2) is 66.7 Å². The Morgan fingerprint density at radius 3 is 2.20 bits per heavy atom. The summed E-state index contributed by atoms with van der Waals surface area (Å²) >= 11 is 6.39. The van der Waals surface area contributed by atoms with Gasteiger partial charge in [-0.05, 0) is 80.7 Å². The van der Waals surface area contributed by atoms with Crippen LogP contribution in [-0.2, 0) is 4.79 Å². The quantitative estimate of drug-likeness (QED) is 0.227. The fourth-order valence-electron chi connectivity index (χ4n) is 4.59. The normalized spacial score (nSPS) is 15.4. The van der Waals surface area contributed by atoms with E-state index in [1.54, 1.807) is 68.4 Å². The number of ketones is 1. The number of hydrogen-bond acceptors (Lipinski definition) is 6. The Kier molecular flexibility index (Phi) is 9.58. The minimum Gasteiger partial charge on any atom is -0.489 e. The minimum atomic E-state index is -1.14. The molecular formula is C31H34ClFN2O5. The van der Waals surface area contributed by atoms with Crippen molar-refractivity contribution in [2.24, 2.45) is 0 Å².